The fourth-order valence-electron chi connectivity index (χ4n) is 2.58. The summed E-state index contributed by atoms with van der Waals surface area (Å²) in [5, 5.41) is 9.81. The maximum Gasteiger partial charge on any atom is 0.416 e. The first kappa shape index (κ1) is 14.8. The van der Waals surface area contributed by atoms with Gasteiger partial charge in [0.15, 0.2) is 6.29 Å². The fraction of sp³-hybridized carbons (Fsp3) is 0.111. The zero-order valence-corrected chi connectivity index (χ0v) is 12.5. The van der Waals surface area contributed by atoms with Crippen molar-refractivity contribution >= 4 is 23.3 Å². The first-order chi connectivity index (χ1) is 11.1. The number of benzene rings is 2. The van der Waals surface area contributed by atoms with Gasteiger partial charge in [0, 0.05) is 11.8 Å². The number of hydrogen-bond acceptors (Lipinski definition) is 3. The van der Waals surface area contributed by atoms with Gasteiger partial charge in [0.25, 0.3) is 0 Å². The van der Waals surface area contributed by atoms with Crippen molar-refractivity contribution in [2.24, 2.45) is 0 Å². The van der Waals surface area contributed by atoms with Crippen molar-refractivity contribution in [3.8, 4) is 5.75 Å². The van der Waals surface area contributed by atoms with E-state index in [9.17, 15) is 14.7 Å². The Morgan fingerprint density at radius 2 is 2.00 bits per heavy atom. The molecule has 5 heteroatoms. The van der Waals surface area contributed by atoms with Crippen molar-refractivity contribution in [3.63, 3.8) is 0 Å². The Hall–Kier alpha value is -3.08. The second-order valence-electron chi connectivity index (χ2n) is 5.29. The number of rotatable bonds is 4. The first-order valence-corrected chi connectivity index (χ1v) is 7.11. The van der Waals surface area contributed by atoms with Crippen molar-refractivity contribution in [3.05, 3.63) is 65.4 Å². The predicted molar refractivity (Wildman–Crippen MR) is 86.3 cm³/mol. The molecule has 0 aliphatic heterocycles. The number of hydrogen-bond donors (Lipinski definition) is 1. The number of fused-ring (bicyclic) bond motifs is 1. The minimum absolute atomic E-state index is 0.297. The molecule has 3 aromatic rings. The summed E-state index contributed by atoms with van der Waals surface area (Å²) in [6.07, 6.45) is 0.823. The van der Waals surface area contributed by atoms with Gasteiger partial charge in [0.05, 0.1) is 10.9 Å². The van der Waals surface area contributed by atoms with Crippen LogP contribution in [0.2, 0.25) is 0 Å². The second-order valence-corrected chi connectivity index (χ2v) is 5.29. The molecule has 2 aromatic carbocycles. The average molecular weight is 309 g/mol. The van der Waals surface area contributed by atoms with Gasteiger partial charge in [0.1, 0.15) is 12.4 Å². The Morgan fingerprint density at radius 3 is 2.65 bits per heavy atom. The summed E-state index contributed by atoms with van der Waals surface area (Å²) in [5.74, 6) is 0.506. The summed E-state index contributed by atoms with van der Waals surface area (Å²) in [4.78, 5) is 22.7. The van der Waals surface area contributed by atoms with E-state index in [4.69, 9.17) is 4.74 Å². The van der Waals surface area contributed by atoms with E-state index in [0.29, 0.717) is 35.1 Å². The third-order valence-corrected chi connectivity index (χ3v) is 3.61. The van der Waals surface area contributed by atoms with Crippen molar-refractivity contribution in [1.29, 1.82) is 0 Å². The molecule has 23 heavy (non-hydrogen) atoms. The molecule has 0 fully saturated rings. The van der Waals surface area contributed by atoms with E-state index in [1.165, 1.54) is 6.20 Å². The molecule has 3 rings (SSSR count). The van der Waals surface area contributed by atoms with E-state index >= 15 is 0 Å². The van der Waals surface area contributed by atoms with Crippen LogP contribution in [0.15, 0.2) is 48.7 Å². The van der Waals surface area contributed by atoms with E-state index in [0.717, 1.165) is 15.7 Å². The van der Waals surface area contributed by atoms with E-state index in [2.05, 4.69) is 0 Å². The van der Waals surface area contributed by atoms with Crippen LogP contribution >= 0.6 is 0 Å². The molecule has 0 unspecified atom stereocenters. The molecule has 1 heterocycles. The molecule has 0 spiro atoms. The van der Waals surface area contributed by atoms with E-state index in [-0.39, 0.29) is 0 Å². The molecule has 0 amide bonds. The predicted octanol–water partition coefficient (Wildman–Crippen LogP) is 3.87. The van der Waals surface area contributed by atoms with E-state index in [1.807, 2.05) is 43.3 Å². The molecule has 0 aliphatic rings. The highest BCUT2D eigenvalue weighted by Gasteiger charge is 2.17. The molecule has 1 aromatic heterocycles. The fourth-order valence-corrected chi connectivity index (χ4v) is 2.58. The summed E-state index contributed by atoms with van der Waals surface area (Å²) in [6, 6.07) is 13.2. The lowest BCUT2D eigenvalue weighted by atomic mass is 10.1. The number of nitrogens with zero attached hydrogens (tertiary/aromatic N) is 1. The topological polar surface area (TPSA) is 68.5 Å². The Labute approximate surface area is 132 Å². The third-order valence-electron chi connectivity index (χ3n) is 3.61. The smallest absolute Gasteiger partial charge is 0.416 e. The lowest BCUT2D eigenvalue weighted by molar-refractivity contribution is 0.112. The third kappa shape index (κ3) is 2.81. The van der Waals surface area contributed by atoms with E-state index in [1.54, 1.807) is 6.07 Å². The van der Waals surface area contributed by atoms with Crippen molar-refractivity contribution < 1.29 is 19.4 Å². The van der Waals surface area contributed by atoms with Gasteiger partial charge in [-0.1, -0.05) is 30.3 Å². The van der Waals surface area contributed by atoms with Gasteiger partial charge in [-0.25, -0.2) is 4.79 Å². The molecule has 0 aliphatic carbocycles. The largest absolute Gasteiger partial charge is 0.488 e. The summed E-state index contributed by atoms with van der Waals surface area (Å²) in [6.45, 7) is 2.20. The molecule has 1 N–H and O–H groups in total. The Bertz CT molecular complexity index is 881. The summed E-state index contributed by atoms with van der Waals surface area (Å²) < 4.78 is 6.90. The maximum atomic E-state index is 11.4. The molecule has 0 saturated carbocycles. The Balaban J connectivity index is 2.08. The lowest BCUT2D eigenvalue weighted by Crippen LogP contribution is -2.06. The first-order valence-electron chi connectivity index (χ1n) is 7.11. The monoisotopic (exact) mass is 309 g/mol. The maximum absolute atomic E-state index is 11.4. The second kappa shape index (κ2) is 5.96. The highest BCUT2D eigenvalue weighted by atomic mass is 16.5. The number of ether oxygens (including phenoxy) is 1. The highest BCUT2D eigenvalue weighted by molar-refractivity contribution is 6.04. The van der Waals surface area contributed by atoms with Crippen LogP contribution in [0.1, 0.15) is 21.5 Å². The van der Waals surface area contributed by atoms with Crippen molar-refractivity contribution in [2.45, 2.75) is 13.5 Å². The minimum atomic E-state index is -1.14. The highest BCUT2D eigenvalue weighted by Crippen LogP contribution is 2.32. The van der Waals surface area contributed by atoms with Crippen LogP contribution in [0.4, 0.5) is 4.79 Å². The van der Waals surface area contributed by atoms with Gasteiger partial charge in [-0.15, -0.1) is 0 Å². The van der Waals surface area contributed by atoms with Gasteiger partial charge in [-0.05, 0) is 30.2 Å². The number of aromatic nitrogens is 1. The molecule has 116 valence electrons. The number of carboxylic acid groups (broad SMARTS) is 1. The van der Waals surface area contributed by atoms with Gasteiger partial charge in [-0.3, -0.25) is 9.36 Å². The van der Waals surface area contributed by atoms with Crippen LogP contribution in [0.25, 0.3) is 10.9 Å². The van der Waals surface area contributed by atoms with Crippen LogP contribution in [-0.2, 0) is 6.61 Å². The van der Waals surface area contributed by atoms with Crippen LogP contribution in [0.5, 0.6) is 5.75 Å². The minimum Gasteiger partial charge on any atom is -0.488 e. The van der Waals surface area contributed by atoms with Crippen LogP contribution in [0, 0.1) is 6.92 Å². The lowest BCUT2D eigenvalue weighted by Gasteiger charge is -2.10. The van der Waals surface area contributed by atoms with Crippen LogP contribution in [0.3, 0.4) is 0 Å². The van der Waals surface area contributed by atoms with E-state index < -0.39 is 6.09 Å². The van der Waals surface area contributed by atoms with Crippen LogP contribution < -0.4 is 4.74 Å². The Kier molecular flexibility index (Phi) is 3.85. The standard InChI is InChI=1S/C18H15NO4/c1-12-7-15-17(14(10-20)9-19(15)18(21)22)16(8-12)23-11-13-5-3-2-4-6-13/h2-10H,11H2,1H3,(H,21,22). The number of carbonyl (C=O) groups is 2. The normalized spacial score (nSPS) is 10.7. The SMILES string of the molecule is Cc1cc(OCc2ccccc2)c2c(C=O)cn(C(=O)O)c2c1. The molecule has 0 saturated heterocycles. The van der Waals surface area contributed by atoms with Gasteiger partial charge in [-0.2, -0.15) is 0 Å². The molecule has 5 nitrogen and oxygen atoms in total. The van der Waals surface area contributed by atoms with Crippen LogP contribution in [-0.4, -0.2) is 22.1 Å². The Morgan fingerprint density at radius 1 is 1.26 bits per heavy atom. The zero-order valence-electron chi connectivity index (χ0n) is 12.5. The molecule has 0 bridgehead atoms. The van der Waals surface area contributed by atoms with Crippen molar-refractivity contribution in [1.82, 2.24) is 4.57 Å². The van der Waals surface area contributed by atoms with Crippen molar-refractivity contribution in [2.75, 3.05) is 0 Å². The summed E-state index contributed by atoms with van der Waals surface area (Å²) in [5.41, 5.74) is 2.60. The van der Waals surface area contributed by atoms with Gasteiger partial charge in [0.2, 0.25) is 0 Å². The zero-order chi connectivity index (χ0) is 16.4. The number of carbonyl (C=O) groups excluding carboxylic acids is 1. The molecule has 0 radical (unpaired) electrons. The molecular weight excluding hydrogens is 294 g/mol. The summed E-state index contributed by atoms with van der Waals surface area (Å²) in [7, 11) is 0. The molecule has 0 atom stereocenters. The average Bonchev–Trinajstić information content (AvgIpc) is 2.92. The quantitative estimate of drug-likeness (QED) is 0.743. The number of aldehydes is 1. The van der Waals surface area contributed by atoms with Gasteiger partial charge >= 0.3 is 6.09 Å². The summed E-state index contributed by atoms with van der Waals surface area (Å²) >= 11 is 0. The van der Waals surface area contributed by atoms with Gasteiger partial charge < -0.3 is 9.84 Å². The molecular formula is C18H15NO4. The number of aryl methyl sites for hydroxylation is 1.